The number of methoxy groups -OCH3 is 1. The Morgan fingerprint density at radius 1 is 1.22 bits per heavy atom. The van der Waals surface area contributed by atoms with Crippen LogP contribution in [0.4, 0.5) is 0 Å². The van der Waals surface area contributed by atoms with E-state index in [1.807, 2.05) is 37.3 Å². The molecule has 0 bridgehead atoms. The van der Waals surface area contributed by atoms with Crippen LogP contribution in [0, 0.1) is 0 Å². The average molecular weight is 336 g/mol. The first-order valence-corrected chi connectivity index (χ1v) is 7.95. The molecule has 2 aromatic carbocycles. The lowest BCUT2D eigenvalue weighted by molar-refractivity contribution is 0.317. The number of hydrogen-bond acceptors (Lipinski definition) is 4. The summed E-state index contributed by atoms with van der Waals surface area (Å²) in [6, 6.07) is 11.4. The quantitative estimate of drug-likeness (QED) is 0.809. The first-order chi connectivity index (χ1) is 11.1. The van der Waals surface area contributed by atoms with Gasteiger partial charge in [-0.25, -0.2) is 0 Å². The minimum absolute atomic E-state index is 0.0288. The second-order valence-corrected chi connectivity index (χ2v) is 5.64. The van der Waals surface area contributed by atoms with Gasteiger partial charge in [-0.05, 0) is 49.2 Å². The minimum Gasteiger partial charge on any atom is -0.503 e. The Hall–Kier alpha value is -1.91. The first kappa shape index (κ1) is 17.4. The number of rotatable bonds is 7. The van der Waals surface area contributed by atoms with Gasteiger partial charge in [-0.1, -0.05) is 29.8 Å². The van der Waals surface area contributed by atoms with Crippen molar-refractivity contribution in [1.29, 1.82) is 0 Å². The lowest BCUT2D eigenvalue weighted by Crippen LogP contribution is -2.16. The van der Waals surface area contributed by atoms with Crippen LogP contribution in [-0.2, 0) is 6.42 Å². The molecular weight excluding hydrogens is 314 g/mol. The van der Waals surface area contributed by atoms with Gasteiger partial charge < -0.3 is 20.3 Å². The molecule has 0 radical (unpaired) electrons. The molecule has 2 aromatic rings. The van der Waals surface area contributed by atoms with Crippen LogP contribution in [0.25, 0.3) is 0 Å². The zero-order chi connectivity index (χ0) is 16.8. The number of ether oxygens (including phenoxy) is 2. The predicted molar refractivity (Wildman–Crippen MR) is 92.8 cm³/mol. The summed E-state index contributed by atoms with van der Waals surface area (Å²) >= 11 is 6.10. The smallest absolute Gasteiger partial charge is 0.176 e. The van der Waals surface area contributed by atoms with Gasteiger partial charge in [-0.3, -0.25) is 0 Å². The van der Waals surface area contributed by atoms with E-state index in [2.05, 4.69) is 0 Å². The van der Waals surface area contributed by atoms with E-state index in [1.54, 1.807) is 13.2 Å². The van der Waals surface area contributed by atoms with E-state index in [9.17, 15) is 5.11 Å². The molecule has 124 valence electrons. The second kappa shape index (κ2) is 8.09. The highest BCUT2D eigenvalue weighted by Crippen LogP contribution is 2.37. The molecular formula is C18H22ClNO3. The monoisotopic (exact) mass is 335 g/mol. The number of nitrogens with two attached hydrogens (primary N) is 1. The Morgan fingerprint density at radius 3 is 2.61 bits per heavy atom. The van der Waals surface area contributed by atoms with Gasteiger partial charge in [-0.2, -0.15) is 0 Å². The summed E-state index contributed by atoms with van der Waals surface area (Å²) in [5.41, 5.74) is 7.98. The van der Waals surface area contributed by atoms with Crippen LogP contribution >= 0.6 is 11.6 Å². The highest BCUT2D eigenvalue weighted by atomic mass is 35.5. The van der Waals surface area contributed by atoms with Gasteiger partial charge in [0.2, 0.25) is 0 Å². The van der Waals surface area contributed by atoms with Crippen LogP contribution in [0.15, 0.2) is 36.4 Å². The highest BCUT2D eigenvalue weighted by Gasteiger charge is 2.17. The summed E-state index contributed by atoms with van der Waals surface area (Å²) < 4.78 is 10.9. The second-order valence-electron chi connectivity index (χ2n) is 5.24. The number of aromatic hydroxyl groups is 1. The van der Waals surface area contributed by atoms with Gasteiger partial charge in [0.15, 0.2) is 11.5 Å². The SMILES string of the molecule is CCOc1cc(CC(CN)c2ccccc2OC)cc(Cl)c1O. The van der Waals surface area contributed by atoms with Gasteiger partial charge in [0.05, 0.1) is 18.7 Å². The Labute approximate surface area is 141 Å². The maximum atomic E-state index is 9.94. The standard InChI is InChI=1S/C18H22ClNO3/c1-3-23-17-10-12(9-15(19)18(17)21)8-13(11-20)14-6-4-5-7-16(14)22-2/h4-7,9-10,13,21H,3,8,11,20H2,1-2H3. The fraction of sp³-hybridized carbons (Fsp3) is 0.333. The molecule has 0 fully saturated rings. The molecule has 1 atom stereocenters. The van der Waals surface area contributed by atoms with E-state index in [0.717, 1.165) is 16.9 Å². The van der Waals surface area contributed by atoms with Crippen molar-refractivity contribution in [2.45, 2.75) is 19.3 Å². The van der Waals surface area contributed by atoms with E-state index >= 15 is 0 Å². The van der Waals surface area contributed by atoms with Crippen LogP contribution in [0.3, 0.4) is 0 Å². The third-order valence-corrected chi connectivity index (χ3v) is 4.02. The summed E-state index contributed by atoms with van der Waals surface area (Å²) in [7, 11) is 1.65. The number of phenolic OH excluding ortho intramolecular Hbond substituents is 1. The molecule has 2 rings (SSSR count). The lowest BCUT2D eigenvalue weighted by Gasteiger charge is -2.19. The molecule has 0 spiro atoms. The molecule has 0 amide bonds. The van der Waals surface area contributed by atoms with Crippen LogP contribution < -0.4 is 15.2 Å². The minimum atomic E-state index is -0.0288. The zero-order valence-corrected chi connectivity index (χ0v) is 14.1. The Bertz CT molecular complexity index is 661. The molecule has 5 heteroatoms. The Balaban J connectivity index is 2.32. The lowest BCUT2D eigenvalue weighted by atomic mass is 9.91. The molecule has 0 aromatic heterocycles. The van der Waals surface area contributed by atoms with Crippen LogP contribution in [0.5, 0.6) is 17.2 Å². The molecule has 0 saturated heterocycles. The summed E-state index contributed by atoms with van der Waals surface area (Å²) in [6.07, 6.45) is 0.678. The fourth-order valence-electron chi connectivity index (χ4n) is 2.62. The third-order valence-electron chi connectivity index (χ3n) is 3.73. The normalized spacial score (nSPS) is 12.0. The number of benzene rings is 2. The van der Waals surface area contributed by atoms with Crippen LogP contribution in [0.2, 0.25) is 5.02 Å². The third kappa shape index (κ3) is 4.09. The topological polar surface area (TPSA) is 64.7 Å². The van der Waals surface area contributed by atoms with Gasteiger partial charge in [0.1, 0.15) is 5.75 Å². The van der Waals surface area contributed by atoms with Crippen molar-refractivity contribution in [2.75, 3.05) is 20.3 Å². The van der Waals surface area contributed by atoms with Crippen LogP contribution in [-0.4, -0.2) is 25.4 Å². The first-order valence-electron chi connectivity index (χ1n) is 7.57. The van der Waals surface area contributed by atoms with Crippen molar-refractivity contribution in [1.82, 2.24) is 0 Å². The molecule has 0 heterocycles. The van der Waals surface area contributed by atoms with Crippen molar-refractivity contribution < 1.29 is 14.6 Å². The van der Waals surface area contributed by atoms with Gasteiger partial charge in [0.25, 0.3) is 0 Å². The van der Waals surface area contributed by atoms with Crippen molar-refractivity contribution in [2.24, 2.45) is 5.73 Å². The maximum Gasteiger partial charge on any atom is 0.176 e. The van der Waals surface area contributed by atoms with Crippen LogP contribution in [0.1, 0.15) is 24.0 Å². The average Bonchev–Trinajstić information content (AvgIpc) is 2.57. The van der Waals surface area contributed by atoms with E-state index in [1.165, 1.54) is 0 Å². The van der Waals surface area contributed by atoms with Gasteiger partial charge in [-0.15, -0.1) is 0 Å². The van der Waals surface area contributed by atoms with Crippen molar-refractivity contribution in [3.05, 3.63) is 52.5 Å². The Kier molecular flexibility index (Phi) is 6.13. The summed E-state index contributed by atoms with van der Waals surface area (Å²) in [5.74, 6) is 1.27. The van der Waals surface area contributed by atoms with Gasteiger partial charge in [0, 0.05) is 5.92 Å². The fourth-order valence-corrected chi connectivity index (χ4v) is 2.85. The van der Waals surface area contributed by atoms with E-state index < -0.39 is 0 Å². The largest absolute Gasteiger partial charge is 0.503 e. The van der Waals surface area contributed by atoms with Crippen molar-refractivity contribution >= 4 is 11.6 Å². The predicted octanol–water partition coefficient (Wildman–Crippen LogP) is 3.74. The molecule has 0 aliphatic rings. The van der Waals surface area contributed by atoms with Crippen molar-refractivity contribution in [3.63, 3.8) is 0 Å². The molecule has 3 N–H and O–H groups in total. The number of halogens is 1. The van der Waals surface area contributed by atoms with E-state index in [4.69, 9.17) is 26.8 Å². The Morgan fingerprint density at radius 2 is 1.96 bits per heavy atom. The summed E-state index contributed by atoms with van der Waals surface area (Å²) in [4.78, 5) is 0. The maximum absolute atomic E-state index is 9.94. The zero-order valence-electron chi connectivity index (χ0n) is 13.4. The van der Waals surface area contributed by atoms with E-state index in [0.29, 0.717) is 25.3 Å². The molecule has 1 unspecified atom stereocenters. The summed E-state index contributed by atoms with van der Waals surface area (Å²) in [5, 5.41) is 10.2. The summed E-state index contributed by atoms with van der Waals surface area (Å²) in [6.45, 7) is 2.79. The molecule has 0 aliphatic carbocycles. The molecule has 0 aliphatic heterocycles. The molecule has 4 nitrogen and oxygen atoms in total. The van der Waals surface area contributed by atoms with Gasteiger partial charge >= 0.3 is 0 Å². The van der Waals surface area contributed by atoms with Crippen molar-refractivity contribution in [3.8, 4) is 17.2 Å². The van der Waals surface area contributed by atoms with E-state index in [-0.39, 0.29) is 16.7 Å². The number of para-hydroxylation sites is 1. The molecule has 0 saturated carbocycles. The number of phenols is 1. The number of hydrogen-bond donors (Lipinski definition) is 2. The molecule has 23 heavy (non-hydrogen) atoms. The highest BCUT2D eigenvalue weighted by molar-refractivity contribution is 6.32.